The number of pyridine rings is 1. The van der Waals surface area contributed by atoms with Gasteiger partial charge in [0, 0.05) is 23.5 Å². The zero-order chi connectivity index (χ0) is 9.97. The zero-order valence-electron chi connectivity index (χ0n) is 7.94. The fraction of sp³-hybridized carbons (Fsp3) is 0.0833. The van der Waals surface area contributed by atoms with E-state index in [1.54, 1.807) is 18.5 Å². The van der Waals surface area contributed by atoms with E-state index in [-0.39, 0.29) is 0 Å². The minimum absolute atomic E-state index is 0.304. The largest absolute Gasteiger partial charge is 0.507 e. The molecule has 14 heavy (non-hydrogen) atoms. The maximum Gasteiger partial charge on any atom is 0.123 e. The molecular weight excluding hydrogens is 174 g/mol. The van der Waals surface area contributed by atoms with Crippen molar-refractivity contribution in [1.29, 1.82) is 0 Å². The predicted octanol–water partition coefficient (Wildman–Crippen LogP) is 2.76. The summed E-state index contributed by atoms with van der Waals surface area (Å²) in [6.45, 7) is 1.97. The molecule has 0 aliphatic rings. The van der Waals surface area contributed by atoms with Crippen LogP contribution in [0.15, 0.2) is 42.7 Å². The fourth-order valence-corrected chi connectivity index (χ4v) is 1.54. The number of rotatable bonds is 1. The van der Waals surface area contributed by atoms with E-state index < -0.39 is 0 Å². The number of phenolic OH excluding ortho intramolecular Hbond substituents is 1. The Morgan fingerprint density at radius 1 is 1.14 bits per heavy atom. The Balaban J connectivity index is 2.63. The molecule has 0 radical (unpaired) electrons. The molecule has 0 amide bonds. The first-order valence-electron chi connectivity index (χ1n) is 4.48. The second-order valence-electron chi connectivity index (χ2n) is 3.21. The van der Waals surface area contributed by atoms with Crippen LogP contribution in [0.4, 0.5) is 0 Å². The van der Waals surface area contributed by atoms with E-state index in [1.165, 1.54) is 0 Å². The summed E-state index contributed by atoms with van der Waals surface area (Å²) in [5.74, 6) is 0.304. The van der Waals surface area contributed by atoms with Crippen molar-refractivity contribution in [3.8, 4) is 16.9 Å². The van der Waals surface area contributed by atoms with Gasteiger partial charge in [-0.25, -0.2) is 0 Å². The summed E-state index contributed by atoms with van der Waals surface area (Å²) in [5.41, 5.74) is 2.86. The van der Waals surface area contributed by atoms with Crippen LogP contribution in [0.5, 0.6) is 5.75 Å². The third kappa shape index (κ3) is 1.46. The molecule has 0 aliphatic heterocycles. The highest BCUT2D eigenvalue weighted by Gasteiger charge is 2.06. The first-order chi connectivity index (χ1) is 6.79. The molecule has 0 fully saturated rings. The Bertz CT molecular complexity index is 417. The number of hydrogen-bond donors (Lipinski definition) is 1. The molecule has 2 heteroatoms. The van der Waals surface area contributed by atoms with Crippen LogP contribution in [0.3, 0.4) is 0 Å². The van der Waals surface area contributed by atoms with Crippen LogP contribution in [0.2, 0.25) is 0 Å². The third-order valence-corrected chi connectivity index (χ3v) is 2.20. The van der Waals surface area contributed by atoms with Crippen LogP contribution in [-0.2, 0) is 0 Å². The average Bonchev–Trinajstić information content (AvgIpc) is 2.19. The van der Waals surface area contributed by atoms with Crippen LogP contribution in [0, 0.1) is 6.92 Å². The van der Waals surface area contributed by atoms with Crippen molar-refractivity contribution >= 4 is 0 Å². The summed E-state index contributed by atoms with van der Waals surface area (Å²) in [4.78, 5) is 4.03. The van der Waals surface area contributed by atoms with E-state index >= 15 is 0 Å². The number of aromatic hydroxyl groups is 1. The summed E-state index contributed by atoms with van der Waals surface area (Å²) >= 11 is 0. The van der Waals surface area contributed by atoms with E-state index in [0.717, 1.165) is 16.7 Å². The predicted molar refractivity (Wildman–Crippen MR) is 56.1 cm³/mol. The number of aryl methyl sites for hydroxylation is 1. The van der Waals surface area contributed by atoms with Crippen LogP contribution in [0.1, 0.15) is 5.56 Å². The molecule has 70 valence electrons. The fourth-order valence-electron chi connectivity index (χ4n) is 1.54. The molecule has 0 bridgehead atoms. The van der Waals surface area contributed by atoms with Crippen molar-refractivity contribution in [3.05, 3.63) is 48.3 Å². The van der Waals surface area contributed by atoms with Gasteiger partial charge in [-0.1, -0.05) is 18.2 Å². The van der Waals surface area contributed by atoms with E-state index in [0.29, 0.717) is 5.75 Å². The summed E-state index contributed by atoms with van der Waals surface area (Å²) in [7, 11) is 0. The SMILES string of the molecule is Cc1cccc(O)c1-c1cccnc1. The molecule has 1 aromatic carbocycles. The van der Waals surface area contributed by atoms with Crippen molar-refractivity contribution in [2.45, 2.75) is 6.92 Å². The quantitative estimate of drug-likeness (QED) is 0.741. The smallest absolute Gasteiger partial charge is 0.123 e. The van der Waals surface area contributed by atoms with E-state index in [1.807, 2.05) is 31.2 Å². The molecule has 1 N–H and O–H groups in total. The Kier molecular flexibility index (Phi) is 2.19. The van der Waals surface area contributed by atoms with Crippen LogP contribution in [0.25, 0.3) is 11.1 Å². The lowest BCUT2D eigenvalue weighted by atomic mass is 10.0. The Labute approximate surface area is 82.9 Å². The summed E-state index contributed by atoms with van der Waals surface area (Å²) in [6.07, 6.45) is 3.47. The van der Waals surface area contributed by atoms with Crippen molar-refractivity contribution in [2.75, 3.05) is 0 Å². The third-order valence-electron chi connectivity index (χ3n) is 2.20. The Morgan fingerprint density at radius 2 is 2.00 bits per heavy atom. The molecule has 0 unspecified atom stereocenters. The molecule has 2 rings (SSSR count). The van der Waals surface area contributed by atoms with E-state index in [9.17, 15) is 5.11 Å². The minimum Gasteiger partial charge on any atom is -0.507 e. The van der Waals surface area contributed by atoms with Crippen molar-refractivity contribution in [3.63, 3.8) is 0 Å². The van der Waals surface area contributed by atoms with E-state index in [2.05, 4.69) is 4.98 Å². The minimum atomic E-state index is 0.304. The van der Waals surface area contributed by atoms with Crippen LogP contribution >= 0.6 is 0 Å². The van der Waals surface area contributed by atoms with Gasteiger partial charge in [0.15, 0.2) is 0 Å². The second-order valence-corrected chi connectivity index (χ2v) is 3.21. The van der Waals surface area contributed by atoms with E-state index in [4.69, 9.17) is 0 Å². The standard InChI is InChI=1S/C12H11NO/c1-9-4-2-6-11(14)12(9)10-5-3-7-13-8-10/h2-8,14H,1H3. The zero-order valence-corrected chi connectivity index (χ0v) is 7.94. The molecule has 2 aromatic rings. The summed E-state index contributed by atoms with van der Waals surface area (Å²) < 4.78 is 0. The molecule has 0 spiro atoms. The lowest BCUT2D eigenvalue weighted by Crippen LogP contribution is -1.84. The molecule has 0 atom stereocenters. The van der Waals surface area contributed by atoms with Gasteiger partial charge >= 0.3 is 0 Å². The summed E-state index contributed by atoms with van der Waals surface area (Å²) in [6, 6.07) is 9.30. The average molecular weight is 185 g/mol. The first-order valence-corrected chi connectivity index (χ1v) is 4.48. The number of aromatic nitrogens is 1. The van der Waals surface area contributed by atoms with Gasteiger partial charge in [-0.15, -0.1) is 0 Å². The van der Waals surface area contributed by atoms with Gasteiger partial charge in [0.05, 0.1) is 0 Å². The molecule has 0 saturated heterocycles. The lowest BCUT2D eigenvalue weighted by molar-refractivity contribution is 0.477. The second kappa shape index (κ2) is 3.50. The normalized spacial score (nSPS) is 10.1. The van der Waals surface area contributed by atoms with Gasteiger partial charge < -0.3 is 5.11 Å². The molecular formula is C12H11NO. The number of benzene rings is 1. The highest BCUT2D eigenvalue weighted by Crippen LogP contribution is 2.31. The molecule has 0 saturated carbocycles. The monoisotopic (exact) mass is 185 g/mol. The van der Waals surface area contributed by atoms with Gasteiger partial charge in [0.2, 0.25) is 0 Å². The molecule has 1 heterocycles. The maximum absolute atomic E-state index is 9.72. The van der Waals surface area contributed by atoms with Gasteiger partial charge in [-0.2, -0.15) is 0 Å². The number of hydrogen-bond acceptors (Lipinski definition) is 2. The number of nitrogens with zero attached hydrogens (tertiary/aromatic N) is 1. The molecule has 2 nitrogen and oxygen atoms in total. The first kappa shape index (κ1) is 8.75. The Morgan fingerprint density at radius 3 is 2.64 bits per heavy atom. The molecule has 1 aromatic heterocycles. The van der Waals surface area contributed by atoms with Crippen molar-refractivity contribution in [1.82, 2.24) is 4.98 Å². The van der Waals surface area contributed by atoms with Gasteiger partial charge in [0.25, 0.3) is 0 Å². The van der Waals surface area contributed by atoms with Crippen LogP contribution < -0.4 is 0 Å². The highest BCUT2D eigenvalue weighted by molar-refractivity contribution is 5.72. The van der Waals surface area contributed by atoms with Crippen molar-refractivity contribution in [2.24, 2.45) is 0 Å². The topological polar surface area (TPSA) is 33.1 Å². The van der Waals surface area contributed by atoms with Crippen molar-refractivity contribution < 1.29 is 5.11 Å². The molecule has 0 aliphatic carbocycles. The van der Waals surface area contributed by atoms with Gasteiger partial charge in [-0.05, 0) is 24.6 Å². The van der Waals surface area contributed by atoms with Gasteiger partial charge in [0.1, 0.15) is 5.75 Å². The van der Waals surface area contributed by atoms with Gasteiger partial charge in [-0.3, -0.25) is 4.98 Å². The number of phenols is 1. The van der Waals surface area contributed by atoms with Crippen LogP contribution in [-0.4, -0.2) is 10.1 Å². The maximum atomic E-state index is 9.72. The Hall–Kier alpha value is -1.83. The lowest BCUT2D eigenvalue weighted by Gasteiger charge is -2.07. The summed E-state index contributed by atoms with van der Waals surface area (Å²) in [5, 5.41) is 9.72. The highest BCUT2D eigenvalue weighted by atomic mass is 16.3.